The fraction of sp³-hybridized carbons (Fsp3) is 0.182. The second-order valence-corrected chi connectivity index (χ2v) is 4.57. The normalized spacial score (nSPS) is 10.6. The maximum atomic E-state index is 13.6. The molecule has 2 aromatic rings. The maximum Gasteiger partial charge on any atom is 0.313 e. The van der Waals surface area contributed by atoms with Crippen LogP contribution in [0.3, 0.4) is 0 Å². The van der Waals surface area contributed by atoms with E-state index >= 15 is 0 Å². The van der Waals surface area contributed by atoms with Crippen LogP contribution in [-0.2, 0) is 4.79 Å². The Bertz CT molecular complexity index is 585. The van der Waals surface area contributed by atoms with Crippen LogP contribution in [-0.4, -0.2) is 32.0 Å². The molecule has 0 bridgehead atoms. The number of hydrogen-bond donors (Lipinski definition) is 2. The van der Waals surface area contributed by atoms with Crippen molar-refractivity contribution >= 4 is 17.7 Å². The van der Waals surface area contributed by atoms with Gasteiger partial charge >= 0.3 is 5.97 Å². The first kappa shape index (κ1) is 12.6. The highest BCUT2D eigenvalue weighted by atomic mass is 32.2. The van der Waals surface area contributed by atoms with Gasteiger partial charge in [0.25, 0.3) is 0 Å². The van der Waals surface area contributed by atoms with E-state index in [0.717, 1.165) is 17.3 Å². The van der Waals surface area contributed by atoms with Crippen LogP contribution in [0.5, 0.6) is 0 Å². The molecule has 18 heavy (non-hydrogen) atoms. The molecule has 94 valence electrons. The van der Waals surface area contributed by atoms with E-state index in [4.69, 9.17) is 5.11 Å². The highest BCUT2D eigenvalue weighted by molar-refractivity contribution is 7.99. The molecular formula is C11H10FN3O2S. The zero-order chi connectivity index (χ0) is 13.1. The summed E-state index contributed by atoms with van der Waals surface area (Å²) in [4.78, 5) is 14.4. The summed E-state index contributed by atoms with van der Waals surface area (Å²) in [5.74, 6) is -1.18. The van der Waals surface area contributed by atoms with Gasteiger partial charge in [0.15, 0.2) is 5.82 Å². The zero-order valence-corrected chi connectivity index (χ0v) is 10.3. The van der Waals surface area contributed by atoms with E-state index in [9.17, 15) is 9.18 Å². The number of aliphatic carboxylic acids is 1. The Morgan fingerprint density at radius 3 is 3.06 bits per heavy atom. The fourth-order valence-corrected chi connectivity index (χ4v) is 1.90. The largest absolute Gasteiger partial charge is 0.481 e. The molecular weight excluding hydrogens is 257 g/mol. The Labute approximate surface area is 106 Å². The van der Waals surface area contributed by atoms with Gasteiger partial charge in [-0.05, 0) is 19.1 Å². The summed E-state index contributed by atoms with van der Waals surface area (Å²) >= 11 is 0.979. The van der Waals surface area contributed by atoms with Gasteiger partial charge in [0, 0.05) is 0 Å². The number of benzene rings is 1. The van der Waals surface area contributed by atoms with E-state index < -0.39 is 11.8 Å². The second kappa shape index (κ2) is 5.18. The van der Waals surface area contributed by atoms with Crippen LogP contribution in [0.4, 0.5) is 4.39 Å². The van der Waals surface area contributed by atoms with Crippen molar-refractivity contribution in [1.29, 1.82) is 0 Å². The third-order valence-corrected chi connectivity index (χ3v) is 3.00. The number of aryl methyl sites for hydroxylation is 1. The van der Waals surface area contributed by atoms with Crippen molar-refractivity contribution < 1.29 is 14.3 Å². The van der Waals surface area contributed by atoms with Crippen LogP contribution in [0.2, 0.25) is 0 Å². The van der Waals surface area contributed by atoms with Gasteiger partial charge in [-0.1, -0.05) is 23.4 Å². The SMILES string of the molecule is Cc1ccc(F)c(-c2nc(SCC(=O)O)n[nH]2)c1. The molecule has 1 heterocycles. The number of nitrogens with zero attached hydrogens (tertiary/aromatic N) is 2. The third-order valence-electron chi connectivity index (χ3n) is 2.17. The maximum absolute atomic E-state index is 13.6. The summed E-state index contributed by atoms with van der Waals surface area (Å²) < 4.78 is 13.6. The average molecular weight is 267 g/mol. The number of aromatic nitrogens is 3. The minimum absolute atomic E-state index is 0.131. The lowest BCUT2D eigenvalue weighted by molar-refractivity contribution is -0.133. The van der Waals surface area contributed by atoms with Gasteiger partial charge in [-0.2, -0.15) is 0 Å². The number of H-pyrrole nitrogens is 1. The minimum Gasteiger partial charge on any atom is -0.481 e. The number of aromatic amines is 1. The van der Waals surface area contributed by atoms with E-state index in [1.54, 1.807) is 12.1 Å². The number of carboxylic acid groups (broad SMARTS) is 1. The van der Waals surface area contributed by atoms with E-state index in [1.807, 2.05) is 6.92 Å². The first-order chi connectivity index (χ1) is 8.56. The number of thioether (sulfide) groups is 1. The molecule has 0 aliphatic rings. The molecule has 1 aromatic carbocycles. The highest BCUT2D eigenvalue weighted by Gasteiger charge is 2.11. The number of carbonyl (C=O) groups is 1. The fourth-order valence-electron chi connectivity index (χ4n) is 1.38. The molecule has 7 heteroatoms. The number of hydrogen-bond acceptors (Lipinski definition) is 4. The minimum atomic E-state index is -0.951. The van der Waals surface area contributed by atoms with Crippen molar-refractivity contribution in [3.8, 4) is 11.4 Å². The predicted molar refractivity (Wildman–Crippen MR) is 64.9 cm³/mol. The molecule has 0 atom stereocenters. The van der Waals surface area contributed by atoms with Crippen LogP contribution < -0.4 is 0 Å². The predicted octanol–water partition coefficient (Wildman–Crippen LogP) is 2.10. The first-order valence-electron chi connectivity index (χ1n) is 5.10. The van der Waals surface area contributed by atoms with Crippen LogP contribution in [0.1, 0.15) is 5.56 Å². The Kier molecular flexibility index (Phi) is 3.61. The van der Waals surface area contributed by atoms with Crippen molar-refractivity contribution in [2.75, 3.05) is 5.75 Å². The molecule has 2 N–H and O–H groups in total. The standard InChI is InChI=1S/C11H10FN3O2S/c1-6-2-3-8(12)7(4-6)10-13-11(15-14-10)18-5-9(16)17/h2-4H,5H2,1H3,(H,16,17)(H,13,14,15). The first-order valence-corrected chi connectivity index (χ1v) is 6.08. The van der Waals surface area contributed by atoms with Crippen molar-refractivity contribution in [3.05, 3.63) is 29.6 Å². The number of carboxylic acids is 1. The van der Waals surface area contributed by atoms with Crippen LogP contribution in [0.25, 0.3) is 11.4 Å². The monoisotopic (exact) mass is 267 g/mol. The van der Waals surface area contributed by atoms with Crippen LogP contribution >= 0.6 is 11.8 Å². The van der Waals surface area contributed by atoms with Gasteiger partial charge < -0.3 is 5.11 Å². The highest BCUT2D eigenvalue weighted by Crippen LogP contribution is 2.22. The Hall–Kier alpha value is -1.89. The molecule has 0 radical (unpaired) electrons. The van der Waals surface area contributed by atoms with Crippen LogP contribution in [0, 0.1) is 12.7 Å². The average Bonchev–Trinajstić information content (AvgIpc) is 2.78. The molecule has 2 rings (SSSR count). The van der Waals surface area contributed by atoms with Gasteiger partial charge in [0.05, 0.1) is 11.3 Å². The topological polar surface area (TPSA) is 78.9 Å². The lowest BCUT2D eigenvalue weighted by Crippen LogP contribution is -1.97. The van der Waals surface area contributed by atoms with Gasteiger partial charge in [-0.25, -0.2) is 9.37 Å². The lowest BCUT2D eigenvalue weighted by atomic mass is 10.1. The molecule has 1 aromatic heterocycles. The Morgan fingerprint density at radius 1 is 1.56 bits per heavy atom. The summed E-state index contributed by atoms with van der Waals surface area (Å²) in [6.45, 7) is 1.85. The second-order valence-electron chi connectivity index (χ2n) is 3.63. The number of rotatable bonds is 4. The number of nitrogens with one attached hydrogen (secondary N) is 1. The third kappa shape index (κ3) is 2.86. The van der Waals surface area contributed by atoms with Gasteiger partial charge in [-0.3, -0.25) is 9.89 Å². The van der Waals surface area contributed by atoms with E-state index in [0.29, 0.717) is 11.4 Å². The smallest absolute Gasteiger partial charge is 0.313 e. The van der Waals surface area contributed by atoms with Crippen LogP contribution in [0.15, 0.2) is 23.4 Å². The summed E-state index contributed by atoms with van der Waals surface area (Å²) in [7, 11) is 0. The van der Waals surface area contributed by atoms with Crippen molar-refractivity contribution in [2.24, 2.45) is 0 Å². The zero-order valence-electron chi connectivity index (χ0n) is 9.48. The summed E-state index contributed by atoms with van der Waals surface area (Å²) in [6, 6.07) is 4.67. The van der Waals surface area contributed by atoms with Crippen molar-refractivity contribution in [3.63, 3.8) is 0 Å². The molecule has 0 unspecified atom stereocenters. The lowest BCUT2D eigenvalue weighted by Gasteiger charge is -1.99. The molecule has 0 aliphatic carbocycles. The van der Waals surface area contributed by atoms with E-state index in [-0.39, 0.29) is 10.9 Å². The molecule has 0 amide bonds. The summed E-state index contributed by atoms with van der Waals surface area (Å²) in [5, 5.41) is 15.2. The van der Waals surface area contributed by atoms with Gasteiger partial charge in [0.2, 0.25) is 5.16 Å². The Morgan fingerprint density at radius 2 is 2.33 bits per heavy atom. The molecule has 0 saturated heterocycles. The van der Waals surface area contributed by atoms with Crippen molar-refractivity contribution in [1.82, 2.24) is 15.2 Å². The molecule has 0 fully saturated rings. The molecule has 0 aliphatic heterocycles. The quantitative estimate of drug-likeness (QED) is 0.829. The molecule has 0 saturated carbocycles. The summed E-state index contributed by atoms with van der Waals surface area (Å²) in [6.07, 6.45) is 0. The Balaban J connectivity index is 2.23. The van der Waals surface area contributed by atoms with Gasteiger partial charge in [-0.15, -0.1) is 5.10 Å². The van der Waals surface area contributed by atoms with Gasteiger partial charge in [0.1, 0.15) is 5.82 Å². The molecule has 0 spiro atoms. The van der Waals surface area contributed by atoms with Crippen molar-refractivity contribution in [2.45, 2.75) is 12.1 Å². The van der Waals surface area contributed by atoms with E-state index in [1.165, 1.54) is 6.07 Å². The number of halogens is 1. The summed E-state index contributed by atoms with van der Waals surface area (Å²) in [5.41, 5.74) is 1.23. The van der Waals surface area contributed by atoms with E-state index in [2.05, 4.69) is 15.2 Å². The molecule has 5 nitrogen and oxygen atoms in total.